The Morgan fingerprint density at radius 1 is 1.35 bits per heavy atom. The summed E-state index contributed by atoms with van der Waals surface area (Å²) in [6, 6.07) is 6.25. The Bertz CT molecular complexity index is 520. The number of ether oxygens (including phenoxy) is 1. The lowest BCUT2D eigenvalue weighted by molar-refractivity contribution is 0.416. The van der Waals surface area contributed by atoms with E-state index in [9.17, 15) is 0 Å². The van der Waals surface area contributed by atoms with E-state index in [0.29, 0.717) is 5.92 Å². The molecular weight excluding hydrogens is 250 g/mol. The second kappa shape index (κ2) is 5.10. The van der Waals surface area contributed by atoms with Gasteiger partial charge in [-0.05, 0) is 23.6 Å². The largest absolute Gasteiger partial charge is 0.496 e. The van der Waals surface area contributed by atoms with Gasteiger partial charge in [-0.15, -0.1) is 24.0 Å². The Morgan fingerprint density at radius 2 is 2.12 bits per heavy atom. The summed E-state index contributed by atoms with van der Waals surface area (Å²) in [5.74, 6) is 1.35. The van der Waals surface area contributed by atoms with Crippen LogP contribution in [-0.2, 0) is 0 Å². The number of hydrogen-bond donors (Lipinski definition) is 1. The quantitative estimate of drug-likeness (QED) is 0.839. The molecule has 0 fully saturated rings. The van der Waals surface area contributed by atoms with E-state index in [1.54, 1.807) is 18.4 Å². The number of thiol groups is 1. The van der Waals surface area contributed by atoms with Crippen molar-refractivity contribution in [3.8, 4) is 16.3 Å². The van der Waals surface area contributed by atoms with Crippen molar-refractivity contribution in [3.63, 3.8) is 0 Å². The fourth-order valence-corrected chi connectivity index (χ4v) is 2.67. The van der Waals surface area contributed by atoms with Gasteiger partial charge in [0, 0.05) is 5.38 Å². The van der Waals surface area contributed by atoms with Gasteiger partial charge in [0.2, 0.25) is 0 Å². The molecule has 17 heavy (non-hydrogen) atoms. The molecule has 1 heterocycles. The highest BCUT2D eigenvalue weighted by atomic mass is 32.1. The minimum absolute atomic E-state index is 0.495. The van der Waals surface area contributed by atoms with Crippen LogP contribution in [0.2, 0.25) is 0 Å². The molecule has 0 bridgehead atoms. The summed E-state index contributed by atoms with van der Waals surface area (Å²) < 4.78 is 5.39. The number of benzene rings is 1. The van der Waals surface area contributed by atoms with Crippen LogP contribution in [0.25, 0.3) is 10.6 Å². The summed E-state index contributed by atoms with van der Waals surface area (Å²) in [4.78, 5) is 4.39. The van der Waals surface area contributed by atoms with Crippen LogP contribution in [-0.4, -0.2) is 12.1 Å². The average molecular weight is 265 g/mol. The standard InChI is InChI=1S/C13H15NOS2/c1-8(2)9-4-5-11(15-3)10(6-9)13-14-12(16)7-17-13/h4-8,16H,1-3H3. The summed E-state index contributed by atoms with van der Waals surface area (Å²) >= 11 is 5.83. The van der Waals surface area contributed by atoms with Crippen LogP contribution < -0.4 is 4.74 Å². The molecule has 0 N–H and O–H groups in total. The van der Waals surface area contributed by atoms with E-state index in [0.717, 1.165) is 21.3 Å². The van der Waals surface area contributed by atoms with Gasteiger partial charge < -0.3 is 4.74 Å². The molecule has 0 aliphatic carbocycles. The SMILES string of the molecule is COc1ccc(C(C)C)cc1-c1nc(S)cs1. The van der Waals surface area contributed by atoms with Gasteiger partial charge in [0.1, 0.15) is 15.8 Å². The van der Waals surface area contributed by atoms with Crippen molar-refractivity contribution < 1.29 is 4.74 Å². The van der Waals surface area contributed by atoms with Gasteiger partial charge in [-0.3, -0.25) is 0 Å². The first-order chi connectivity index (χ1) is 8.11. The maximum atomic E-state index is 5.39. The van der Waals surface area contributed by atoms with Crippen LogP contribution in [0.4, 0.5) is 0 Å². The number of nitrogens with zero attached hydrogens (tertiary/aromatic N) is 1. The summed E-state index contributed by atoms with van der Waals surface area (Å²) in [6.45, 7) is 4.36. The van der Waals surface area contributed by atoms with Gasteiger partial charge in [-0.1, -0.05) is 19.9 Å². The van der Waals surface area contributed by atoms with Crippen molar-refractivity contribution in [1.82, 2.24) is 4.98 Å². The number of methoxy groups -OCH3 is 1. The Morgan fingerprint density at radius 3 is 2.65 bits per heavy atom. The molecule has 0 aliphatic rings. The Hall–Kier alpha value is -1.000. The monoisotopic (exact) mass is 265 g/mol. The van der Waals surface area contributed by atoms with Crippen LogP contribution in [0.3, 0.4) is 0 Å². The maximum Gasteiger partial charge on any atom is 0.129 e. The molecule has 90 valence electrons. The van der Waals surface area contributed by atoms with Crippen molar-refractivity contribution in [2.75, 3.05) is 7.11 Å². The minimum Gasteiger partial charge on any atom is -0.496 e. The average Bonchev–Trinajstić information content (AvgIpc) is 2.74. The van der Waals surface area contributed by atoms with E-state index in [1.807, 2.05) is 11.4 Å². The second-order valence-electron chi connectivity index (χ2n) is 4.13. The summed E-state index contributed by atoms with van der Waals surface area (Å²) in [6.07, 6.45) is 0. The van der Waals surface area contributed by atoms with E-state index in [-0.39, 0.29) is 0 Å². The van der Waals surface area contributed by atoms with Gasteiger partial charge in [0.15, 0.2) is 0 Å². The van der Waals surface area contributed by atoms with Gasteiger partial charge >= 0.3 is 0 Å². The molecule has 1 aromatic heterocycles. The van der Waals surface area contributed by atoms with Crippen LogP contribution in [0.1, 0.15) is 25.3 Å². The van der Waals surface area contributed by atoms with Gasteiger partial charge in [0.05, 0.1) is 12.7 Å². The number of thiazole rings is 1. The molecule has 4 heteroatoms. The zero-order valence-electron chi connectivity index (χ0n) is 10.1. The normalized spacial score (nSPS) is 10.9. The predicted octanol–water partition coefficient (Wildman–Crippen LogP) is 4.23. The van der Waals surface area contributed by atoms with Crippen LogP contribution in [0, 0.1) is 0 Å². The molecule has 0 amide bonds. The summed E-state index contributed by atoms with van der Waals surface area (Å²) in [5.41, 5.74) is 2.33. The van der Waals surface area contributed by atoms with Crippen molar-refractivity contribution in [3.05, 3.63) is 29.1 Å². The van der Waals surface area contributed by atoms with Gasteiger partial charge in [0.25, 0.3) is 0 Å². The maximum absolute atomic E-state index is 5.39. The third-order valence-corrected chi connectivity index (χ3v) is 3.89. The predicted molar refractivity (Wildman–Crippen MR) is 75.4 cm³/mol. The first-order valence-electron chi connectivity index (χ1n) is 5.44. The first kappa shape index (κ1) is 12.5. The van der Waals surface area contributed by atoms with E-state index in [4.69, 9.17) is 4.74 Å². The topological polar surface area (TPSA) is 22.1 Å². The molecule has 0 spiro atoms. The van der Waals surface area contributed by atoms with E-state index >= 15 is 0 Å². The summed E-state index contributed by atoms with van der Waals surface area (Å²) in [5, 5.41) is 3.64. The molecule has 2 nitrogen and oxygen atoms in total. The molecule has 0 radical (unpaired) electrons. The van der Waals surface area contributed by atoms with Crippen LogP contribution in [0.5, 0.6) is 5.75 Å². The Balaban J connectivity index is 2.53. The van der Waals surface area contributed by atoms with Crippen molar-refractivity contribution >= 4 is 24.0 Å². The lowest BCUT2D eigenvalue weighted by atomic mass is 10.0. The third kappa shape index (κ3) is 2.64. The van der Waals surface area contributed by atoms with E-state index in [2.05, 4.69) is 43.6 Å². The fraction of sp³-hybridized carbons (Fsp3) is 0.308. The second-order valence-corrected chi connectivity index (χ2v) is 5.44. The van der Waals surface area contributed by atoms with Crippen molar-refractivity contribution in [2.45, 2.75) is 24.8 Å². The van der Waals surface area contributed by atoms with Gasteiger partial charge in [-0.2, -0.15) is 0 Å². The molecular formula is C13H15NOS2. The smallest absolute Gasteiger partial charge is 0.129 e. The summed E-state index contributed by atoms with van der Waals surface area (Å²) in [7, 11) is 1.68. The highest BCUT2D eigenvalue weighted by Crippen LogP contribution is 2.35. The zero-order chi connectivity index (χ0) is 12.4. The van der Waals surface area contributed by atoms with E-state index in [1.165, 1.54) is 5.56 Å². The Kier molecular flexibility index (Phi) is 3.74. The van der Waals surface area contributed by atoms with Crippen LogP contribution in [0.15, 0.2) is 28.6 Å². The van der Waals surface area contributed by atoms with Crippen LogP contribution >= 0.6 is 24.0 Å². The van der Waals surface area contributed by atoms with E-state index < -0.39 is 0 Å². The number of hydrogen-bond acceptors (Lipinski definition) is 4. The lowest BCUT2D eigenvalue weighted by Crippen LogP contribution is -1.92. The molecule has 1 aromatic carbocycles. The fourth-order valence-electron chi connectivity index (χ4n) is 1.64. The number of rotatable bonds is 3. The first-order valence-corrected chi connectivity index (χ1v) is 6.77. The third-order valence-electron chi connectivity index (χ3n) is 2.61. The minimum atomic E-state index is 0.495. The molecule has 2 rings (SSSR count). The molecule has 0 saturated heterocycles. The molecule has 0 aliphatic heterocycles. The van der Waals surface area contributed by atoms with Crippen molar-refractivity contribution in [2.24, 2.45) is 0 Å². The molecule has 2 aromatic rings. The zero-order valence-corrected chi connectivity index (χ0v) is 11.8. The Labute approximate surface area is 111 Å². The highest BCUT2D eigenvalue weighted by molar-refractivity contribution is 7.80. The highest BCUT2D eigenvalue weighted by Gasteiger charge is 2.11. The van der Waals surface area contributed by atoms with Crippen molar-refractivity contribution in [1.29, 1.82) is 0 Å². The lowest BCUT2D eigenvalue weighted by Gasteiger charge is -2.11. The molecule has 0 atom stereocenters. The molecule has 0 saturated carbocycles. The number of aromatic nitrogens is 1. The molecule has 0 unspecified atom stereocenters. The van der Waals surface area contributed by atoms with Gasteiger partial charge in [-0.25, -0.2) is 4.98 Å².